The molecule has 0 unspecified atom stereocenters. The standard InChI is InChI=1S/C23H20NOP/c1-17-16-22(20-14-8-9-15-21(20)23(17)24)26(25,18-10-4-2-5-11-18)19-12-6-3-7-13-19/h2-16H,24H2,1H3. The van der Waals surface area contributed by atoms with Crippen molar-refractivity contribution in [3.63, 3.8) is 0 Å². The molecule has 0 spiro atoms. The lowest BCUT2D eigenvalue weighted by Crippen LogP contribution is -2.26. The minimum absolute atomic E-state index is 0.747. The van der Waals surface area contributed by atoms with E-state index in [4.69, 9.17) is 5.73 Å². The van der Waals surface area contributed by atoms with Crippen molar-refractivity contribution in [1.29, 1.82) is 0 Å². The van der Waals surface area contributed by atoms with Crippen molar-refractivity contribution in [1.82, 2.24) is 0 Å². The van der Waals surface area contributed by atoms with Crippen LogP contribution in [0.2, 0.25) is 0 Å². The number of nitrogens with two attached hydrogens (primary N) is 1. The number of hydrogen-bond acceptors (Lipinski definition) is 2. The summed E-state index contributed by atoms with van der Waals surface area (Å²) in [5.41, 5.74) is 8.02. The molecule has 2 nitrogen and oxygen atoms in total. The minimum atomic E-state index is -3.02. The van der Waals surface area contributed by atoms with Crippen LogP contribution in [0, 0.1) is 6.92 Å². The fraction of sp³-hybridized carbons (Fsp3) is 0.0435. The van der Waals surface area contributed by atoms with Gasteiger partial charge >= 0.3 is 0 Å². The zero-order valence-electron chi connectivity index (χ0n) is 14.6. The van der Waals surface area contributed by atoms with Gasteiger partial charge in [0, 0.05) is 27.0 Å². The van der Waals surface area contributed by atoms with Crippen molar-refractivity contribution in [2.24, 2.45) is 0 Å². The summed E-state index contributed by atoms with van der Waals surface area (Å²) in [4.78, 5) is 0. The molecule has 2 N–H and O–H groups in total. The second-order valence-corrected chi connectivity index (χ2v) is 9.19. The summed E-state index contributed by atoms with van der Waals surface area (Å²) in [6.07, 6.45) is 0. The van der Waals surface area contributed by atoms with Crippen LogP contribution >= 0.6 is 7.14 Å². The lowest BCUT2D eigenvalue weighted by Gasteiger charge is -2.23. The Bertz CT molecular complexity index is 1080. The van der Waals surface area contributed by atoms with Crippen LogP contribution in [0.15, 0.2) is 91.0 Å². The molecule has 0 aliphatic heterocycles. The fourth-order valence-electron chi connectivity index (χ4n) is 3.48. The molecule has 0 heterocycles. The van der Waals surface area contributed by atoms with Gasteiger partial charge in [-0.25, -0.2) is 0 Å². The van der Waals surface area contributed by atoms with Gasteiger partial charge in [0.15, 0.2) is 7.14 Å². The Morgan fingerprint density at radius 3 is 1.69 bits per heavy atom. The van der Waals surface area contributed by atoms with Gasteiger partial charge in [-0.3, -0.25) is 0 Å². The quantitative estimate of drug-likeness (QED) is 0.437. The molecule has 0 saturated carbocycles. The monoisotopic (exact) mass is 357 g/mol. The van der Waals surface area contributed by atoms with E-state index in [0.29, 0.717) is 0 Å². The van der Waals surface area contributed by atoms with Crippen LogP contribution in [0.3, 0.4) is 0 Å². The summed E-state index contributed by atoms with van der Waals surface area (Å²) in [5, 5.41) is 4.42. The van der Waals surface area contributed by atoms with Crippen molar-refractivity contribution >= 4 is 39.5 Å². The van der Waals surface area contributed by atoms with Crippen LogP contribution < -0.4 is 21.6 Å². The predicted octanol–water partition coefficient (Wildman–Crippen LogP) is 4.37. The van der Waals surface area contributed by atoms with Crippen LogP contribution in [0.5, 0.6) is 0 Å². The highest BCUT2D eigenvalue weighted by atomic mass is 31.2. The summed E-state index contributed by atoms with van der Waals surface area (Å²) in [5.74, 6) is 0. The largest absolute Gasteiger partial charge is 0.398 e. The van der Waals surface area contributed by atoms with Gasteiger partial charge < -0.3 is 10.3 Å². The van der Waals surface area contributed by atoms with Gasteiger partial charge in [-0.15, -0.1) is 0 Å². The number of aryl methyl sites for hydroxylation is 1. The van der Waals surface area contributed by atoms with Crippen molar-refractivity contribution in [2.75, 3.05) is 5.73 Å². The highest BCUT2D eigenvalue weighted by molar-refractivity contribution is 7.85. The third kappa shape index (κ3) is 2.55. The zero-order chi connectivity index (χ0) is 18.1. The maximum atomic E-state index is 14.7. The van der Waals surface area contributed by atoms with Gasteiger partial charge in [0.25, 0.3) is 0 Å². The molecular weight excluding hydrogens is 337 g/mol. The van der Waals surface area contributed by atoms with E-state index in [1.54, 1.807) is 0 Å². The van der Waals surface area contributed by atoms with E-state index in [1.165, 1.54) is 0 Å². The molecular formula is C23H20NOP. The zero-order valence-corrected chi connectivity index (χ0v) is 15.5. The highest BCUT2D eigenvalue weighted by Gasteiger charge is 2.31. The minimum Gasteiger partial charge on any atom is -0.398 e. The Balaban J connectivity index is 2.15. The fourth-order valence-corrected chi connectivity index (χ4v) is 6.43. The van der Waals surface area contributed by atoms with Gasteiger partial charge in [0.1, 0.15) is 0 Å². The first-order valence-corrected chi connectivity index (χ1v) is 10.3. The smallest absolute Gasteiger partial charge is 0.171 e. The van der Waals surface area contributed by atoms with E-state index >= 15 is 0 Å². The Kier molecular flexibility index (Phi) is 4.14. The molecule has 0 bridgehead atoms. The molecule has 0 radical (unpaired) electrons. The first-order valence-electron chi connectivity index (χ1n) is 8.62. The summed E-state index contributed by atoms with van der Waals surface area (Å²) in [7, 11) is -3.02. The topological polar surface area (TPSA) is 43.1 Å². The number of rotatable bonds is 3. The van der Waals surface area contributed by atoms with Crippen molar-refractivity contribution in [3.8, 4) is 0 Å². The molecule has 0 fully saturated rings. The Morgan fingerprint density at radius 2 is 1.15 bits per heavy atom. The van der Waals surface area contributed by atoms with Crippen LogP contribution in [-0.4, -0.2) is 0 Å². The molecule has 4 rings (SSSR count). The lowest BCUT2D eigenvalue weighted by molar-refractivity contribution is 0.592. The molecule has 0 aliphatic carbocycles. The van der Waals surface area contributed by atoms with E-state index < -0.39 is 7.14 Å². The van der Waals surface area contributed by atoms with Crippen LogP contribution in [0.1, 0.15) is 5.56 Å². The van der Waals surface area contributed by atoms with E-state index in [1.807, 2.05) is 97.9 Å². The van der Waals surface area contributed by atoms with Crippen molar-refractivity contribution in [3.05, 3.63) is 96.6 Å². The predicted molar refractivity (Wildman–Crippen MR) is 112 cm³/mol. The average molecular weight is 357 g/mol. The summed E-state index contributed by atoms with van der Waals surface area (Å²) >= 11 is 0. The molecule has 0 aliphatic rings. The molecule has 0 atom stereocenters. The Hall–Kier alpha value is -2.83. The second-order valence-electron chi connectivity index (χ2n) is 6.45. The van der Waals surface area contributed by atoms with Crippen molar-refractivity contribution in [2.45, 2.75) is 6.92 Å². The molecule has 4 aromatic carbocycles. The number of nitrogen functional groups attached to an aromatic ring is 1. The molecule has 0 amide bonds. The van der Waals surface area contributed by atoms with Crippen LogP contribution in [0.4, 0.5) is 5.69 Å². The SMILES string of the molecule is Cc1cc(P(=O)(c2ccccc2)c2ccccc2)c2ccccc2c1N. The molecule has 0 saturated heterocycles. The second kappa shape index (κ2) is 6.48. The first kappa shape index (κ1) is 16.6. The molecule has 128 valence electrons. The van der Waals surface area contributed by atoms with Crippen LogP contribution in [0.25, 0.3) is 10.8 Å². The number of hydrogen-bond donors (Lipinski definition) is 1. The summed E-state index contributed by atoms with van der Waals surface area (Å²) in [6, 6.07) is 29.4. The highest BCUT2D eigenvalue weighted by Crippen LogP contribution is 2.45. The normalized spacial score (nSPS) is 11.6. The summed E-state index contributed by atoms with van der Waals surface area (Å²) in [6.45, 7) is 1.98. The van der Waals surface area contributed by atoms with E-state index in [9.17, 15) is 4.57 Å². The molecule has 0 aromatic heterocycles. The van der Waals surface area contributed by atoms with E-state index in [-0.39, 0.29) is 0 Å². The third-order valence-corrected chi connectivity index (χ3v) is 7.95. The van der Waals surface area contributed by atoms with Gasteiger partial charge in [-0.05, 0) is 23.9 Å². The lowest BCUT2D eigenvalue weighted by atomic mass is 10.1. The van der Waals surface area contributed by atoms with Gasteiger partial charge in [-0.2, -0.15) is 0 Å². The Labute approximate surface area is 153 Å². The van der Waals surface area contributed by atoms with Crippen LogP contribution in [-0.2, 0) is 4.57 Å². The molecule has 4 aromatic rings. The number of anilines is 1. The van der Waals surface area contributed by atoms with Crippen molar-refractivity contribution < 1.29 is 4.57 Å². The maximum absolute atomic E-state index is 14.7. The van der Waals surface area contributed by atoms with E-state index in [2.05, 4.69) is 0 Å². The number of benzene rings is 4. The average Bonchev–Trinajstić information content (AvgIpc) is 2.71. The number of fused-ring (bicyclic) bond motifs is 1. The Morgan fingerprint density at radius 1 is 0.692 bits per heavy atom. The van der Waals surface area contributed by atoms with E-state index in [0.717, 1.165) is 37.9 Å². The molecule has 26 heavy (non-hydrogen) atoms. The third-order valence-electron chi connectivity index (χ3n) is 4.85. The first-order chi connectivity index (χ1) is 12.6. The van der Waals surface area contributed by atoms with Gasteiger partial charge in [0.05, 0.1) is 0 Å². The molecule has 3 heteroatoms. The van der Waals surface area contributed by atoms with Gasteiger partial charge in [-0.1, -0.05) is 84.9 Å². The summed E-state index contributed by atoms with van der Waals surface area (Å²) < 4.78 is 14.7. The maximum Gasteiger partial charge on any atom is 0.171 e. The van der Waals surface area contributed by atoms with Gasteiger partial charge in [0.2, 0.25) is 0 Å².